The number of fused-ring (bicyclic) bond motifs is 1. The van der Waals surface area contributed by atoms with Gasteiger partial charge in [-0.3, -0.25) is 0 Å². The predicted octanol–water partition coefficient (Wildman–Crippen LogP) is 4.20. The molecule has 1 atom stereocenters. The minimum atomic E-state index is -3.74. The van der Waals surface area contributed by atoms with Crippen molar-refractivity contribution in [1.82, 2.24) is 4.83 Å². The van der Waals surface area contributed by atoms with Gasteiger partial charge in [0, 0.05) is 12.0 Å². The molecule has 3 aromatic carbocycles. The van der Waals surface area contributed by atoms with Crippen LogP contribution in [-0.2, 0) is 10.0 Å². The van der Waals surface area contributed by atoms with Crippen LogP contribution in [0.15, 0.2) is 88.9 Å². The number of hydrogen-bond donors (Lipinski definition) is 1. The Kier molecular flexibility index (Phi) is 4.88. The first-order valence-corrected chi connectivity index (χ1v) is 10.5. The standard InChI is InChI=1S/C22H20N2O3S/c1-16-11-13-18(14-12-16)28(25,26)24-23-20-15-22(17-7-3-2-4-8-17)27-21-10-6-5-9-19(20)21/h2-14,22,24H,15H2,1H3/t22-/m1/s1. The van der Waals surface area contributed by atoms with Gasteiger partial charge in [-0.15, -0.1) is 0 Å². The van der Waals surface area contributed by atoms with Gasteiger partial charge in [0.15, 0.2) is 0 Å². The summed E-state index contributed by atoms with van der Waals surface area (Å²) in [5.74, 6) is 0.691. The van der Waals surface area contributed by atoms with Crippen LogP contribution in [0.4, 0.5) is 0 Å². The lowest BCUT2D eigenvalue weighted by Crippen LogP contribution is -2.25. The van der Waals surface area contributed by atoms with E-state index >= 15 is 0 Å². The second kappa shape index (κ2) is 7.48. The van der Waals surface area contributed by atoms with Crippen LogP contribution < -0.4 is 9.57 Å². The second-order valence-electron chi connectivity index (χ2n) is 6.68. The van der Waals surface area contributed by atoms with Gasteiger partial charge in [0.1, 0.15) is 11.9 Å². The fourth-order valence-electron chi connectivity index (χ4n) is 3.13. The number of hydrogen-bond acceptors (Lipinski definition) is 4. The molecular formula is C22H20N2O3S. The van der Waals surface area contributed by atoms with Gasteiger partial charge in [0.25, 0.3) is 10.0 Å². The van der Waals surface area contributed by atoms with Crippen LogP contribution in [-0.4, -0.2) is 14.1 Å². The molecule has 1 N–H and O–H groups in total. The van der Waals surface area contributed by atoms with Gasteiger partial charge in [0.2, 0.25) is 0 Å². The van der Waals surface area contributed by atoms with Crippen molar-refractivity contribution in [1.29, 1.82) is 0 Å². The quantitative estimate of drug-likeness (QED) is 0.677. The van der Waals surface area contributed by atoms with E-state index in [0.29, 0.717) is 17.9 Å². The van der Waals surface area contributed by atoms with Crippen molar-refractivity contribution >= 4 is 15.7 Å². The van der Waals surface area contributed by atoms with Crippen LogP contribution in [0.3, 0.4) is 0 Å². The summed E-state index contributed by atoms with van der Waals surface area (Å²) < 4.78 is 31.3. The van der Waals surface area contributed by atoms with Crippen molar-refractivity contribution in [2.24, 2.45) is 5.10 Å². The summed E-state index contributed by atoms with van der Waals surface area (Å²) in [7, 11) is -3.74. The van der Waals surface area contributed by atoms with Crippen molar-refractivity contribution < 1.29 is 13.2 Å². The lowest BCUT2D eigenvalue weighted by Gasteiger charge is -2.27. The Bertz CT molecular complexity index is 1110. The number of sulfonamides is 1. The van der Waals surface area contributed by atoms with Gasteiger partial charge in [-0.25, -0.2) is 0 Å². The molecule has 142 valence electrons. The van der Waals surface area contributed by atoms with Gasteiger partial charge >= 0.3 is 0 Å². The number of benzene rings is 3. The maximum absolute atomic E-state index is 12.6. The summed E-state index contributed by atoms with van der Waals surface area (Å²) >= 11 is 0. The van der Waals surface area contributed by atoms with Crippen molar-refractivity contribution in [2.75, 3.05) is 0 Å². The molecule has 6 heteroatoms. The molecule has 28 heavy (non-hydrogen) atoms. The molecule has 0 aromatic heterocycles. The zero-order valence-electron chi connectivity index (χ0n) is 15.4. The van der Waals surface area contributed by atoms with E-state index in [-0.39, 0.29) is 11.0 Å². The number of hydrazone groups is 1. The Morgan fingerprint density at radius 2 is 1.61 bits per heavy atom. The summed E-state index contributed by atoms with van der Waals surface area (Å²) in [6, 6.07) is 24.0. The van der Waals surface area contributed by atoms with Gasteiger partial charge in [0.05, 0.1) is 10.6 Å². The van der Waals surface area contributed by atoms with Crippen LogP contribution in [0, 0.1) is 6.92 Å². The molecule has 0 radical (unpaired) electrons. The number of nitrogens with one attached hydrogen (secondary N) is 1. The summed E-state index contributed by atoms with van der Waals surface area (Å²) in [5, 5.41) is 4.27. The predicted molar refractivity (Wildman–Crippen MR) is 109 cm³/mol. The number of para-hydroxylation sites is 1. The topological polar surface area (TPSA) is 67.8 Å². The van der Waals surface area contributed by atoms with Crippen LogP contribution in [0.1, 0.15) is 29.2 Å². The largest absolute Gasteiger partial charge is 0.485 e. The van der Waals surface area contributed by atoms with Crippen LogP contribution in [0.2, 0.25) is 0 Å². The number of rotatable bonds is 4. The Labute approximate surface area is 164 Å². The SMILES string of the molecule is Cc1ccc(S(=O)(=O)NN=C2C[C@H](c3ccccc3)Oc3ccccc32)cc1. The average Bonchev–Trinajstić information content (AvgIpc) is 2.73. The molecule has 1 aliphatic heterocycles. The van der Waals surface area contributed by atoms with E-state index in [4.69, 9.17) is 4.74 Å². The fourth-order valence-corrected chi connectivity index (χ4v) is 3.96. The van der Waals surface area contributed by atoms with E-state index in [2.05, 4.69) is 9.93 Å². The molecule has 0 spiro atoms. The maximum Gasteiger partial charge on any atom is 0.276 e. The maximum atomic E-state index is 12.6. The number of ether oxygens (including phenoxy) is 1. The van der Waals surface area contributed by atoms with Gasteiger partial charge in [-0.05, 0) is 36.8 Å². The summed E-state index contributed by atoms with van der Waals surface area (Å²) in [6.07, 6.45) is 0.246. The van der Waals surface area contributed by atoms with E-state index in [1.54, 1.807) is 24.3 Å². The summed E-state index contributed by atoms with van der Waals surface area (Å²) in [5.41, 5.74) is 3.45. The smallest absolute Gasteiger partial charge is 0.276 e. The lowest BCUT2D eigenvalue weighted by molar-refractivity contribution is 0.206. The molecule has 0 unspecified atom stereocenters. The van der Waals surface area contributed by atoms with Crippen molar-refractivity contribution in [2.45, 2.75) is 24.3 Å². The first-order valence-electron chi connectivity index (χ1n) is 8.99. The monoisotopic (exact) mass is 392 g/mol. The minimum absolute atomic E-state index is 0.183. The Hall–Kier alpha value is -3.12. The van der Waals surface area contributed by atoms with E-state index in [1.807, 2.05) is 61.5 Å². The third-order valence-electron chi connectivity index (χ3n) is 4.65. The zero-order chi connectivity index (χ0) is 19.6. The summed E-state index contributed by atoms with van der Waals surface area (Å²) in [4.78, 5) is 2.56. The second-order valence-corrected chi connectivity index (χ2v) is 8.34. The highest BCUT2D eigenvalue weighted by Gasteiger charge is 2.26. The Balaban J connectivity index is 1.66. The fraction of sp³-hybridized carbons (Fsp3) is 0.136. The van der Waals surface area contributed by atoms with Gasteiger partial charge in [-0.1, -0.05) is 60.2 Å². The zero-order valence-corrected chi connectivity index (χ0v) is 16.2. The summed E-state index contributed by atoms with van der Waals surface area (Å²) in [6.45, 7) is 1.91. The van der Waals surface area contributed by atoms with Crippen molar-refractivity contribution in [3.63, 3.8) is 0 Å². The molecule has 5 nitrogen and oxygen atoms in total. The average molecular weight is 392 g/mol. The molecule has 0 amide bonds. The Morgan fingerprint density at radius 1 is 0.929 bits per heavy atom. The minimum Gasteiger partial charge on any atom is -0.485 e. The molecule has 1 aliphatic rings. The Morgan fingerprint density at radius 3 is 2.36 bits per heavy atom. The molecule has 3 aromatic rings. The molecule has 1 heterocycles. The first kappa shape index (κ1) is 18.3. The highest BCUT2D eigenvalue weighted by molar-refractivity contribution is 7.89. The first-order chi connectivity index (χ1) is 13.5. The van der Waals surface area contributed by atoms with Crippen LogP contribution in [0.25, 0.3) is 0 Å². The molecule has 0 fully saturated rings. The van der Waals surface area contributed by atoms with E-state index in [9.17, 15) is 8.42 Å². The normalized spacial score (nSPS) is 17.6. The van der Waals surface area contributed by atoms with E-state index in [0.717, 1.165) is 16.7 Å². The molecule has 0 saturated carbocycles. The highest BCUT2D eigenvalue weighted by atomic mass is 32.2. The lowest BCUT2D eigenvalue weighted by atomic mass is 9.96. The number of nitrogens with zero attached hydrogens (tertiary/aromatic N) is 1. The van der Waals surface area contributed by atoms with E-state index in [1.165, 1.54) is 0 Å². The number of aryl methyl sites for hydroxylation is 1. The highest BCUT2D eigenvalue weighted by Crippen LogP contribution is 2.35. The van der Waals surface area contributed by atoms with Crippen molar-refractivity contribution in [3.8, 4) is 5.75 Å². The van der Waals surface area contributed by atoms with Crippen LogP contribution in [0.5, 0.6) is 5.75 Å². The van der Waals surface area contributed by atoms with Gasteiger partial charge < -0.3 is 4.74 Å². The molecule has 0 bridgehead atoms. The van der Waals surface area contributed by atoms with E-state index < -0.39 is 10.0 Å². The van der Waals surface area contributed by atoms with Crippen molar-refractivity contribution in [3.05, 3.63) is 95.6 Å². The molecular weight excluding hydrogens is 372 g/mol. The third-order valence-corrected chi connectivity index (χ3v) is 5.87. The molecule has 4 rings (SSSR count). The van der Waals surface area contributed by atoms with Gasteiger partial charge in [-0.2, -0.15) is 18.4 Å². The van der Waals surface area contributed by atoms with Crippen LogP contribution >= 0.6 is 0 Å². The molecule has 0 saturated heterocycles. The third kappa shape index (κ3) is 3.77. The molecule has 0 aliphatic carbocycles.